The van der Waals surface area contributed by atoms with E-state index in [2.05, 4.69) is 18.5 Å². The van der Waals surface area contributed by atoms with Gasteiger partial charge in [0.1, 0.15) is 6.54 Å². The Morgan fingerprint density at radius 1 is 0.871 bits per heavy atom. The molecule has 2 aromatic rings. The van der Waals surface area contributed by atoms with Gasteiger partial charge in [0.2, 0.25) is 5.91 Å². The number of allylic oxidation sites excluding steroid dienone is 2. The molecule has 3 amide bonds. The zero-order chi connectivity index (χ0) is 22.9. The van der Waals surface area contributed by atoms with Crippen LogP contribution in [0.3, 0.4) is 0 Å². The average molecular weight is 425 g/mol. The van der Waals surface area contributed by atoms with Crippen LogP contribution in [0.15, 0.2) is 57.9 Å². The smallest absolute Gasteiger partial charge is 0.325 e. The summed E-state index contributed by atoms with van der Waals surface area (Å²) in [6.45, 7) is 5.99. The van der Waals surface area contributed by atoms with Crippen molar-refractivity contribution in [3.63, 3.8) is 0 Å². The SMILES string of the molecule is C=CCn1c(=O)n(CC=C)c(=O)n(CC(=O)Nc2ccc3c(c2)C(=O)N(C)C3=O)c1=O. The van der Waals surface area contributed by atoms with E-state index in [9.17, 15) is 28.8 Å². The minimum Gasteiger partial charge on any atom is -0.325 e. The number of anilines is 1. The Labute approximate surface area is 175 Å². The zero-order valence-electron chi connectivity index (χ0n) is 16.7. The van der Waals surface area contributed by atoms with Gasteiger partial charge >= 0.3 is 17.1 Å². The van der Waals surface area contributed by atoms with E-state index in [0.717, 1.165) is 14.0 Å². The Balaban J connectivity index is 1.94. The Bertz CT molecular complexity index is 1260. The first kappa shape index (κ1) is 21.4. The van der Waals surface area contributed by atoms with Crippen LogP contribution in [0.1, 0.15) is 20.7 Å². The van der Waals surface area contributed by atoms with Crippen molar-refractivity contribution in [1.82, 2.24) is 18.6 Å². The summed E-state index contributed by atoms with van der Waals surface area (Å²) in [7, 11) is 1.35. The topological polar surface area (TPSA) is 132 Å². The van der Waals surface area contributed by atoms with Gasteiger partial charge in [0.25, 0.3) is 11.8 Å². The molecule has 31 heavy (non-hydrogen) atoms. The molecule has 0 saturated carbocycles. The second-order valence-corrected chi connectivity index (χ2v) is 6.71. The van der Waals surface area contributed by atoms with Gasteiger partial charge in [-0.2, -0.15) is 0 Å². The number of fused-ring (bicyclic) bond motifs is 1. The van der Waals surface area contributed by atoms with Crippen molar-refractivity contribution in [1.29, 1.82) is 0 Å². The Morgan fingerprint density at radius 3 is 1.94 bits per heavy atom. The molecule has 3 rings (SSSR count). The number of imide groups is 1. The lowest BCUT2D eigenvalue weighted by Gasteiger charge is -2.12. The van der Waals surface area contributed by atoms with Gasteiger partial charge in [-0.3, -0.25) is 19.3 Å². The molecule has 1 N–H and O–H groups in total. The highest BCUT2D eigenvalue weighted by molar-refractivity contribution is 6.21. The molecule has 0 bridgehead atoms. The summed E-state index contributed by atoms with van der Waals surface area (Å²) in [4.78, 5) is 75.1. The number of hydrogen-bond donors (Lipinski definition) is 1. The fourth-order valence-electron chi connectivity index (χ4n) is 3.17. The predicted molar refractivity (Wildman–Crippen MR) is 111 cm³/mol. The number of nitrogens with one attached hydrogen (secondary N) is 1. The number of rotatable bonds is 7. The highest BCUT2D eigenvalue weighted by Crippen LogP contribution is 2.24. The van der Waals surface area contributed by atoms with Gasteiger partial charge < -0.3 is 5.32 Å². The number of nitrogens with zero attached hydrogens (tertiary/aromatic N) is 4. The summed E-state index contributed by atoms with van der Waals surface area (Å²) >= 11 is 0. The Morgan fingerprint density at radius 2 is 1.39 bits per heavy atom. The quantitative estimate of drug-likeness (QED) is 0.466. The molecule has 11 heteroatoms. The maximum absolute atomic E-state index is 12.6. The first-order chi connectivity index (χ1) is 14.7. The van der Waals surface area contributed by atoms with Gasteiger partial charge in [-0.05, 0) is 18.2 Å². The summed E-state index contributed by atoms with van der Waals surface area (Å²) in [6.07, 6.45) is 2.63. The maximum Gasteiger partial charge on any atom is 0.337 e. The Hall–Kier alpha value is -4.28. The molecule has 0 atom stereocenters. The molecule has 0 unspecified atom stereocenters. The monoisotopic (exact) mass is 425 g/mol. The van der Waals surface area contributed by atoms with Crippen LogP contribution in [-0.2, 0) is 24.4 Å². The molecule has 160 valence electrons. The van der Waals surface area contributed by atoms with Crippen molar-refractivity contribution in [3.05, 3.63) is 86.1 Å². The predicted octanol–water partition coefficient (Wildman–Crippen LogP) is -0.592. The first-order valence-corrected chi connectivity index (χ1v) is 9.13. The standard InChI is InChI=1S/C20H19N5O6/c1-4-8-23-18(29)24(9-5-2)20(31)25(19(23)30)11-15(26)21-12-6-7-13-14(10-12)17(28)22(3)16(13)27/h4-7,10H,1-2,8-9,11H2,3H3,(H,21,26). The van der Waals surface area contributed by atoms with Gasteiger partial charge in [-0.15, -0.1) is 13.2 Å². The van der Waals surface area contributed by atoms with Crippen LogP contribution in [0, 0.1) is 0 Å². The number of aromatic nitrogens is 3. The lowest BCUT2D eigenvalue weighted by molar-refractivity contribution is -0.116. The number of amides is 3. The fourth-order valence-corrected chi connectivity index (χ4v) is 3.17. The minimum atomic E-state index is -0.957. The van der Waals surface area contributed by atoms with E-state index in [-0.39, 0.29) is 29.9 Å². The van der Waals surface area contributed by atoms with Crippen LogP contribution < -0.4 is 22.4 Å². The van der Waals surface area contributed by atoms with Crippen LogP contribution in [0.25, 0.3) is 0 Å². The van der Waals surface area contributed by atoms with Gasteiger partial charge in [0.05, 0.1) is 24.2 Å². The average Bonchev–Trinajstić information content (AvgIpc) is 2.95. The third kappa shape index (κ3) is 3.68. The normalized spacial score (nSPS) is 12.6. The van der Waals surface area contributed by atoms with Gasteiger partial charge in [0.15, 0.2) is 0 Å². The Kier molecular flexibility index (Phi) is 5.68. The van der Waals surface area contributed by atoms with Crippen molar-refractivity contribution in [3.8, 4) is 0 Å². The van der Waals surface area contributed by atoms with E-state index < -0.39 is 41.3 Å². The second-order valence-electron chi connectivity index (χ2n) is 6.71. The maximum atomic E-state index is 12.6. The van der Waals surface area contributed by atoms with Crippen LogP contribution in [-0.4, -0.2) is 43.4 Å². The second kappa shape index (κ2) is 8.22. The third-order valence-electron chi connectivity index (χ3n) is 4.68. The lowest BCUT2D eigenvalue weighted by Crippen LogP contribution is -2.55. The summed E-state index contributed by atoms with van der Waals surface area (Å²) in [5.41, 5.74) is -2.19. The summed E-state index contributed by atoms with van der Waals surface area (Å²) in [6, 6.07) is 4.18. The van der Waals surface area contributed by atoms with E-state index >= 15 is 0 Å². The van der Waals surface area contributed by atoms with Crippen molar-refractivity contribution >= 4 is 23.4 Å². The summed E-state index contributed by atoms with van der Waals surface area (Å²) < 4.78 is 2.18. The zero-order valence-corrected chi connectivity index (χ0v) is 16.7. The molecule has 1 aromatic carbocycles. The molecular formula is C20H19N5O6. The molecule has 0 spiro atoms. The molecule has 1 aliphatic rings. The number of carbonyl (C=O) groups is 3. The number of carbonyl (C=O) groups excluding carboxylic acids is 3. The van der Waals surface area contributed by atoms with Crippen molar-refractivity contribution in [2.45, 2.75) is 19.6 Å². The van der Waals surface area contributed by atoms with Crippen LogP contribution >= 0.6 is 0 Å². The summed E-state index contributed by atoms with van der Waals surface area (Å²) in [5.74, 6) is -1.69. The van der Waals surface area contributed by atoms with E-state index in [0.29, 0.717) is 4.57 Å². The van der Waals surface area contributed by atoms with Crippen LogP contribution in [0.4, 0.5) is 5.69 Å². The first-order valence-electron chi connectivity index (χ1n) is 9.13. The van der Waals surface area contributed by atoms with E-state index in [1.807, 2.05) is 0 Å². The van der Waals surface area contributed by atoms with Gasteiger partial charge in [-0.25, -0.2) is 28.1 Å². The van der Waals surface area contributed by atoms with Crippen LogP contribution in [0.5, 0.6) is 0 Å². The van der Waals surface area contributed by atoms with E-state index in [4.69, 9.17) is 0 Å². The molecule has 11 nitrogen and oxygen atoms in total. The fraction of sp³-hybridized carbons (Fsp3) is 0.200. The van der Waals surface area contributed by atoms with Crippen LogP contribution in [0.2, 0.25) is 0 Å². The molecule has 1 aromatic heterocycles. The van der Waals surface area contributed by atoms with Crippen molar-refractivity contribution in [2.24, 2.45) is 0 Å². The van der Waals surface area contributed by atoms with Crippen molar-refractivity contribution in [2.75, 3.05) is 12.4 Å². The van der Waals surface area contributed by atoms with Crippen molar-refractivity contribution < 1.29 is 14.4 Å². The molecule has 0 fully saturated rings. The molecule has 1 aliphatic heterocycles. The van der Waals surface area contributed by atoms with Gasteiger partial charge in [-0.1, -0.05) is 12.2 Å². The molecule has 0 radical (unpaired) electrons. The minimum absolute atomic E-state index is 0.135. The number of hydrogen-bond acceptors (Lipinski definition) is 6. The number of benzene rings is 1. The third-order valence-corrected chi connectivity index (χ3v) is 4.68. The summed E-state index contributed by atoms with van der Waals surface area (Å²) in [5, 5.41) is 2.49. The molecule has 0 aliphatic carbocycles. The van der Waals surface area contributed by atoms with E-state index in [1.54, 1.807) is 0 Å². The van der Waals surface area contributed by atoms with Gasteiger partial charge in [0, 0.05) is 12.7 Å². The highest BCUT2D eigenvalue weighted by atomic mass is 16.2. The molecule has 0 saturated heterocycles. The van der Waals surface area contributed by atoms with E-state index in [1.165, 1.54) is 37.4 Å². The highest BCUT2D eigenvalue weighted by Gasteiger charge is 2.32. The largest absolute Gasteiger partial charge is 0.337 e. The molecule has 2 heterocycles. The lowest BCUT2D eigenvalue weighted by atomic mass is 10.1. The molecular weight excluding hydrogens is 406 g/mol.